The van der Waals surface area contributed by atoms with Gasteiger partial charge in [0.2, 0.25) is 0 Å². The molecular weight excluding hydrogens is 484 g/mol. The molecule has 1 N–H and O–H groups in total. The van der Waals surface area contributed by atoms with Crippen molar-refractivity contribution < 1.29 is 9.53 Å². The van der Waals surface area contributed by atoms with Gasteiger partial charge in [-0.2, -0.15) is 0 Å². The summed E-state index contributed by atoms with van der Waals surface area (Å²) in [6, 6.07) is 21.1. The number of ether oxygens (including phenoxy) is 1. The fourth-order valence-corrected chi connectivity index (χ4v) is 5.54. The van der Waals surface area contributed by atoms with E-state index in [2.05, 4.69) is 104 Å². The summed E-state index contributed by atoms with van der Waals surface area (Å²) >= 11 is 0. The fraction of sp³-hybridized carbons (Fsp3) is 0.424. The molecule has 0 bridgehead atoms. The number of nitrogens with zero attached hydrogens (tertiary/aromatic N) is 3. The number of hydrogen-bond acceptors (Lipinski definition) is 5. The minimum absolute atomic E-state index is 0.0292. The Morgan fingerprint density at radius 3 is 1.82 bits per heavy atom. The van der Waals surface area contributed by atoms with E-state index in [4.69, 9.17) is 4.74 Å². The van der Waals surface area contributed by atoms with E-state index in [1.54, 1.807) is 0 Å². The standard InChI is InChI=1S/C33H44N4O2/c1-7-36(8-2)24-16-18-28-30(22-24)39-31-23-25(37(9-3)10-4)17-19-29(31)32(28)26-14-11-12-15-27(26)33(38)34-20-13-21-35(5)6/h11-12,14-19,22-23,32H,7-10,13,20-21H2,1-6H3,(H,34,38). The Balaban J connectivity index is 1.80. The van der Waals surface area contributed by atoms with Crippen LogP contribution in [0.4, 0.5) is 11.4 Å². The van der Waals surface area contributed by atoms with Crippen LogP contribution in [0.1, 0.15) is 67.1 Å². The van der Waals surface area contributed by atoms with Gasteiger partial charge in [0.1, 0.15) is 11.5 Å². The molecule has 1 aliphatic rings. The second-order valence-electron chi connectivity index (χ2n) is 10.3. The van der Waals surface area contributed by atoms with E-state index in [1.807, 2.05) is 18.2 Å². The third kappa shape index (κ3) is 6.22. The van der Waals surface area contributed by atoms with Crippen LogP contribution in [0.5, 0.6) is 11.5 Å². The molecule has 0 aliphatic carbocycles. The van der Waals surface area contributed by atoms with Crippen molar-refractivity contribution in [1.82, 2.24) is 10.2 Å². The highest BCUT2D eigenvalue weighted by molar-refractivity contribution is 5.96. The maximum atomic E-state index is 13.4. The minimum Gasteiger partial charge on any atom is -0.457 e. The molecule has 1 heterocycles. The molecule has 0 aromatic heterocycles. The molecule has 3 aromatic carbocycles. The van der Waals surface area contributed by atoms with E-state index < -0.39 is 0 Å². The Morgan fingerprint density at radius 1 is 0.769 bits per heavy atom. The summed E-state index contributed by atoms with van der Waals surface area (Å²) in [7, 11) is 4.10. The number of fused-ring (bicyclic) bond motifs is 2. The third-order valence-corrected chi connectivity index (χ3v) is 7.68. The summed E-state index contributed by atoms with van der Waals surface area (Å²) in [5, 5.41) is 3.15. The van der Waals surface area contributed by atoms with Gasteiger partial charge in [0.05, 0.1) is 0 Å². The molecule has 39 heavy (non-hydrogen) atoms. The molecule has 208 valence electrons. The number of carbonyl (C=O) groups excluding carboxylic acids is 1. The number of hydrogen-bond donors (Lipinski definition) is 1. The first-order valence-electron chi connectivity index (χ1n) is 14.4. The largest absolute Gasteiger partial charge is 0.457 e. The van der Waals surface area contributed by atoms with Gasteiger partial charge in [-0.15, -0.1) is 0 Å². The number of benzene rings is 3. The zero-order chi connectivity index (χ0) is 27.9. The maximum Gasteiger partial charge on any atom is 0.251 e. The molecular formula is C33H44N4O2. The van der Waals surface area contributed by atoms with Crippen LogP contribution in [0.15, 0.2) is 60.7 Å². The number of amides is 1. The molecule has 0 radical (unpaired) electrons. The van der Waals surface area contributed by atoms with E-state index in [9.17, 15) is 4.79 Å². The molecule has 4 rings (SSSR count). The Labute approximate surface area is 234 Å². The van der Waals surface area contributed by atoms with Crippen molar-refractivity contribution in [1.29, 1.82) is 0 Å². The van der Waals surface area contributed by atoms with Crippen LogP contribution >= 0.6 is 0 Å². The first-order chi connectivity index (χ1) is 18.9. The summed E-state index contributed by atoms with van der Waals surface area (Å²) in [5.74, 6) is 1.58. The number of carbonyl (C=O) groups is 1. The van der Waals surface area contributed by atoms with Crippen LogP contribution in [-0.4, -0.2) is 64.2 Å². The van der Waals surface area contributed by atoms with E-state index in [0.29, 0.717) is 12.1 Å². The highest BCUT2D eigenvalue weighted by Crippen LogP contribution is 2.50. The van der Waals surface area contributed by atoms with Crippen molar-refractivity contribution in [2.45, 2.75) is 40.0 Å². The second kappa shape index (κ2) is 13.0. The minimum atomic E-state index is -0.107. The lowest BCUT2D eigenvalue weighted by Crippen LogP contribution is -2.28. The lowest BCUT2D eigenvalue weighted by atomic mass is 9.80. The van der Waals surface area contributed by atoms with Gasteiger partial charge in [0, 0.05) is 78.8 Å². The molecule has 0 atom stereocenters. The van der Waals surface area contributed by atoms with Gasteiger partial charge in [-0.1, -0.05) is 30.3 Å². The summed E-state index contributed by atoms with van der Waals surface area (Å²) in [6.07, 6.45) is 0.909. The number of nitrogens with one attached hydrogen (secondary N) is 1. The molecule has 3 aromatic rings. The highest BCUT2D eigenvalue weighted by atomic mass is 16.5. The second-order valence-corrected chi connectivity index (χ2v) is 10.3. The molecule has 0 spiro atoms. The van der Waals surface area contributed by atoms with Gasteiger partial charge in [0.15, 0.2) is 0 Å². The van der Waals surface area contributed by atoms with Gasteiger partial charge in [-0.3, -0.25) is 4.79 Å². The van der Waals surface area contributed by atoms with Gasteiger partial charge in [-0.05, 0) is 78.5 Å². The SMILES string of the molecule is CCN(CC)c1ccc2c(c1)Oc1cc(N(CC)CC)ccc1C2c1ccccc1C(=O)NCCCN(C)C. The molecule has 6 heteroatoms. The Hall–Kier alpha value is -3.51. The van der Waals surface area contributed by atoms with Crippen molar-refractivity contribution in [3.63, 3.8) is 0 Å². The molecule has 0 saturated carbocycles. The fourth-order valence-electron chi connectivity index (χ4n) is 5.54. The lowest BCUT2D eigenvalue weighted by molar-refractivity contribution is 0.0951. The van der Waals surface area contributed by atoms with Gasteiger partial charge in [0.25, 0.3) is 5.91 Å². The normalized spacial score (nSPS) is 12.5. The van der Waals surface area contributed by atoms with E-state index >= 15 is 0 Å². The first-order valence-corrected chi connectivity index (χ1v) is 14.4. The van der Waals surface area contributed by atoms with Crippen LogP contribution in [0.3, 0.4) is 0 Å². The Morgan fingerprint density at radius 2 is 1.31 bits per heavy atom. The van der Waals surface area contributed by atoms with Crippen molar-refractivity contribution in [2.75, 3.05) is 63.2 Å². The van der Waals surface area contributed by atoms with E-state index in [-0.39, 0.29) is 11.8 Å². The van der Waals surface area contributed by atoms with Gasteiger partial charge < -0.3 is 24.8 Å². The zero-order valence-corrected chi connectivity index (χ0v) is 24.5. The summed E-state index contributed by atoms with van der Waals surface area (Å²) in [5.41, 5.74) is 6.18. The van der Waals surface area contributed by atoms with Gasteiger partial charge in [-0.25, -0.2) is 0 Å². The third-order valence-electron chi connectivity index (χ3n) is 7.68. The first kappa shape index (κ1) is 28.5. The summed E-state index contributed by atoms with van der Waals surface area (Å²) in [6.45, 7) is 14.0. The molecule has 1 aliphatic heterocycles. The molecule has 0 unspecified atom stereocenters. The topological polar surface area (TPSA) is 48.1 Å². The predicted molar refractivity (Wildman–Crippen MR) is 163 cm³/mol. The maximum absolute atomic E-state index is 13.4. The summed E-state index contributed by atoms with van der Waals surface area (Å²) in [4.78, 5) is 20.2. The molecule has 6 nitrogen and oxygen atoms in total. The molecule has 0 fully saturated rings. The van der Waals surface area contributed by atoms with E-state index in [1.165, 1.54) is 0 Å². The van der Waals surface area contributed by atoms with Crippen molar-refractivity contribution in [3.8, 4) is 11.5 Å². The monoisotopic (exact) mass is 528 g/mol. The smallest absolute Gasteiger partial charge is 0.251 e. The van der Waals surface area contributed by atoms with Crippen LogP contribution in [0, 0.1) is 0 Å². The number of rotatable bonds is 12. The summed E-state index contributed by atoms with van der Waals surface area (Å²) < 4.78 is 6.63. The van der Waals surface area contributed by atoms with Crippen LogP contribution in [0.25, 0.3) is 0 Å². The Kier molecular flexibility index (Phi) is 9.52. The average molecular weight is 529 g/mol. The van der Waals surface area contributed by atoms with E-state index in [0.717, 1.165) is 78.7 Å². The predicted octanol–water partition coefficient (Wildman–Crippen LogP) is 6.35. The zero-order valence-electron chi connectivity index (χ0n) is 24.5. The molecule has 1 amide bonds. The van der Waals surface area contributed by atoms with Crippen molar-refractivity contribution in [3.05, 3.63) is 82.9 Å². The highest BCUT2D eigenvalue weighted by Gasteiger charge is 2.32. The van der Waals surface area contributed by atoms with Crippen LogP contribution in [0.2, 0.25) is 0 Å². The quantitative estimate of drug-likeness (QED) is 0.217. The Bertz CT molecular complexity index is 1200. The number of anilines is 2. The van der Waals surface area contributed by atoms with Gasteiger partial charge >= 0.3 is 0 Å². The lowest BCUT2D eigenvalue weighted by Gasteiger charge is -2.32. The molecule has 0 saturated heterocycles. The van der Waals surface area contributed by atoms with Crippen molar-refractivity contribution >= 4 is 17.3 Å². The van der Waals surface area contributed by atoms with Crippen LogP contribution < -0.4 is 19.9 Å². The van der Waals surface area contributed by atoms with Crippen LogP contribution in [-0.2, 0) is 0 Å². The average Bonchev–Trinajstić information content (AvgIpc) is 2.95. The van der Waals surface area contributed by atoms with Crippen molar-refractivity contribution in [2.24, 2.45) is 0 Å².